The van der Waals surface area contributed by atoms with Crippen molar-refractivity contribution in [2.45, 2.75) is 24.7 Å². The van der Waals surface area contributed by atoms with Gasteiger partial charge in [0.2, 0.25) is 0 Å². The third kappa shape index (κ3) is 3.12. The lowest BCUT2D eigenvalue weighted by Crippen LogP contribution is -2.35. The number of hydrogen-bond donors (Lipinski definition) is 1. The van der Waals surface area contributed by atoms with E-state index in [-0.39, 0.29) is 13.1 Å². The Bertz CT molecular complexity index is 465. The van der Waals surface area contributed by atoms with Gasteiger partial charge in [-0.3, -0.25) is 4.79 Å². The number of carbonyl (C=O) groups excluding carboxylic acids is 2. The minimum absolute atomic E-state index is 0.0602. The Hall–Kier alpha value is -1.99. The number of ether oxygens (including phenoxy) is 3. The van der Waals surface area contributed by atoms with E-state index in [0.29, 0.717) is 5.56 Å². The maximum Gasteiger partial charge on any atom is 0.338 e. The monoisotopic (exact) mass is 284 g/mol. The average Bonchev–Trinajstić information content (AvgIpc) is 2.74. The second-order valence-electron chi connectivity index (χ2n) is 4.17. The van der Waals surface area contributed by atoms with Crippen LogP contribution >= 0.6 is 0 Å². The maximum absolute atomic E-state index is 13.5. The van der Waals surface area contributed by atoms with Crippen molar-refractivity contribution in [3.63, 3.8) is 0 Å². The van der Waals surface area contributed by atoms with E-state index in [2.05, 4.69) is 4.74 Å². The van der Waals surface area contributed by atoms with Crippen molar-refractivity contribution in [3.8, 4) is 0 Å². The van der Waals surface area contributed by atoms with Crippen LogP contribution < -0.4 is 0 Å². The van der Waals surface area contributed by atoms with Crippen molar-refractivity contribution in [2.75, 3.05) is 6.61 Å². The van der Waals surface area contributed by atoms with Gasteiger partial charge < -0.3 is 19.3 Å². The van der Waals surface area contributed by atoms with Crippen LogP contribution in [0.5, 0.6) is 0 Å². The Balaban J connectivity index is 1.93. The van der Waals surface area contributed by atoms with E-state index in [4.69, 9.17) is 9.47 Å². The maximum atomic E-state index is 13.5. The number of halogens is 1. The molecular weight excluding hydrogens is 271 g/mol. The lowest BCUT2D eigenvalue weighted by Gasteiger charge is -2.17. The van der Waals surface area contributed by atoms with Crippen LogP contribution in [-0.4, -0.2) is 48.8 Å². The van der Waals surface area contributed by atoms with E-state index in [1.54, 1.807) is 30.3 Å². The second kappa shape index (κ2) is 6.44. The predicted molar refractivity (Wildman–Crippen MR) is 63.4 cm³/mol. The molecule has 1 heterocycles. The van der Waals surface area contributed by atoms with Crippen molar-refractivity contribution in [2.24, 2.45) is 0 Å². The summed E-state index contributed by atoms with van der Waals surface area (Å²) < 4.78 is 27.8. The van der Waals surface area contributed by atoms with Crippen molar-refractivity contribution in [3.05, 3.63) is 35.9 Å². The molecule has 7 heteroatoms. The van der Waals surface area contributed by atoms with Crippen LogP contribution in [0, 0.1) is 0 Å². The summed E-state index contributed by atoms with van der Waals surface area (Å²) in [6.45, 7) is -0.269. The fourth-order valence-corrected chi connectivity index (χ4v) is 1.88. The third-order valence-corrected chi connectivity index (χ3v) is 2.87. The number of hydrogen-bond acceptors (Lipinski definition) is 6. The molecule has 1 aromatic carbocycles. The molecule has 0 saturated carbocycles. The average molecular weight is 284 g/mol. The molecule has 2 rings (SSSR count). The van der Waals surface area contributed by atoms with Gasteiger partial charge in [0.25, 0.3) is 6.47 Å². The molecule has 1 fully saturated rings. The quantitative estimate of drug-likeness (QED) is 0.624. The molecule has 1 aliphatic rings. The Morgan fingerprint density at radius 1 is 1.40 bits per heavy atom. The molecule has 0 radical (unpaired) electrons. The zero-order chi connectivity index (χ0) is 14.5. The van der Waals surface area contributed by atoms with Crippen LogP contribution in [-0.2, 0) is 19.0 Å². The van der Waals surface area contributed by atoms with Crippen LogP contribution in [0.3, 0.4) is 0 Å². The van der Waals surface area contributed by atoms with Crippen molar-refractivity contribution >= 4 is 12.4 Å². The smallest absolute Gasteiger partial charge is 0.338 e. The van der Waals surface area contributed by atoms with Gasteiger partial charge in [-0.05, 0) is 12.1 Å². The van der Waals surface area contributed by atoms with E-state index in [1.165, 1.54) is 0 Å². The third-order valence-electron chi connectivity index (χ3n) is 2.87. The molecule has 20 heavy (non-hydrogen) atoms. The number of carbonyl (C=O) groups is 2. The van der Waals surface area contributed by atoms with Gasteiger partial charge >= 0.3 is 5.97 Å². The van der Waals surface area contributed by atoms with Crippen LogP contribution in [0.1, 0.15) is 10.4 Å². The van der Waals surface area contributed by atoms with Crippen molar-refractivity contribution < 1.29 is 33.3 Å². The van der Waals surface area contributed by atoms with Crippen LogP contribution in [0.4, 0.5) is 4.39 Å². The van der Waals surface area contributed by atoms with E-state index in [9.17, 15) is 19.1 Å². The summed E-state index contributed by atoms with van der Waals surface area (Å²) in [5.41, 5.74) is 0.329. The molecule has 6 nitrogen and oxygen atoms in total. The zero-order valence-corrected chi connectivity index (χ0v) is 10.3. The highest BCUT2D eigenvalue weighted by Crippen LogP contribution is 2.25. The highest BCUT2D eigenvalue weighted by Gasteiger charge is 2.46. The largest absolute Gasteiger partial charge is 0.459 e. The molecule has 0 amide bonds. The molecule has 1 aromatic rings. The molecule has 0 aromatic heterocycles. The molecule has 1 unspecified atom stereocenters. The van der Waals surface area contributed by atoms with E-state index < -0.39 is 30.6 Å². The van der Waals surface area contributed by atoms with Crippen LogP contribution in [0.25, 0.3) is 0 Å². The molecule has 1 aliphatic heterocycles. The van der Waals surface area contributed by atoms with Gasteiger partial charge in [-0.15, -0.1) is 0 Å². The first-order valence-corrected chi connectivity index (χ1v) is 5.92. The molecular formula is C13H13FO6. The van der Waals surface area contributed by atoms with E-state index >= 15 is 0 Å². The number of esters is 1. The Morgan fingerprint density at radius 2 is 2.10 bits per heavy atom. The number of aliphatic hydroxyl groups is 1. The fraction of sp³-hybridized carbons (Fsp3) is 0.385. The van der Waals surface area contributed by atoms with Gasteiger partial charge in [0.05, 0.1) is 5.56 Å². The van der Waals surface area contributed by atoms with E-state index in [0.717, 1.165) is 0 Å². The molecule has 4 atom stereocenters. The molecule has 108 valence electrons. The Morgan fingerprint density at radius 3 is 2.75 bits per heavy atom. The van der Waals surface area contributed by atoms with Gasteiger partial charge in [-0.2, -0.15) is 0 Å². The van der Waals surface area contributed by atoms with Crippen molar-refractivity contribution in [1.82, 2.24) is 0 Å². The Kier molecular flexibility index (Phi) is 4.65. The molecule has 1 N–H and O–H groups in total. The lowest BCUT2D eigenvalue weighted by atomic mass is 10.1. The predicted octanol–water partition coefficient (Wildman–Crippen LogP) is 0.440. The summed E-state index contributed by atoms with van der Waals surface area (Å²) in [6, 6.07) is 8.20. The number of rotatable bonds is 5. The van der Waals surface area contributed by atoms with Gasteiger partial charge in [0.1, 0.15) is 12.7 Å². The summed E-state index contributed by atoms with van der Waals surface area (Å²) in [6.07, 6.45) is -5.93. The van der Waals surface area contributed by atoms with Gasteiger partial charge in [0.15, 0.2) is 18.6 Å². The lowest BCUT2D eigenvalue weighted by molar-refractivity contribution is -0.140. The summed E-state index contributed by atoms with van der Waals surface area (Å²) >= 11 is 0. The van der Waals surface area contributed by atoms with Gasteiger partial charge in [-0.1, -0.05) is 18.2 Å². The topological polar surface area (TPSA) is 82.1 Å². The molecule has 0 aliphatic carbocycles. The first-order valence-electron chi connectivity index (χ1n) is 5.92. The minimum Gasteiger partial charge on any atom is -0.459 e. The normalized spacial score (nSPS) is 28.9. The molecule has 0 bridgehead atoms. The molecule has 1 saturated heterocycles. The number of benzene rings is 1. The zero-order valence-electron chi connectivity index (χ0n) is 10.3. The summed E-state index contributed by atoms with van der Waals surface area (Å²) in [7, 11) is 0. The van der Waals surface area contributed by atoms with Crippen LogP contribution in [0.2, 0.25) is 0 Å². The first kappa shape index (κ1) is 14.4. The highest BCUT2D eigenvalue weighted by atomic mass is 19.1. The van der Waals surface area contributed by atoms with Crippen molar-refractivity contribution in [1.29, 1.82) is 0 Å². The summed E-state index contributed by atoms with van der Waals surface area (Å²) in [5, 5.41) is 9.21. The van der Waals surface area contributed by atoms with E-state index in [1.807, 2.05) is 0 Å². The standard InChI is InChI=1S/C13H13FO6/c14-10-11(19-7-15)9(20-13(10)17)6-18-12(16)8-4-2-1-3-5-8/h1-5,7,9-11,13,17H,6H2/t9-,10-,11?,13-/m1/s1. The number of alkyl halides is 1. The molecule has 0 spiro atoms. The SMILES string of the molecule is O=COC1[C@@H](F)[C@H](O)O[C@@H]1COC(=O)c1ccccc1. The summed E-state index contributed by atoms with van der Waals surface area (Å²) in [5.74, 6) is -0.615. The number of aliphatic hydroxyl groups excluding tert-OH is 1. The van der Waals surface area contributed by atoms with Crippen LogP contribution in [0.15, 0.2) is 30.3 Å². The van der Waals surface area contributed by atoms with Gasteiger partial charge in [-0.25, -0.2) is 9.18 Å². The Labute approximate surface area is 114 Å². The minimum atomic E-state index is -1.87. The highest BCUT2D eigenvalue weighted by molar-refractivity contribution is 5.89. The second-order valence-corrected chi connectivity index (χ2v) is 4.17. The first-order chi connectivity index (χ1) is 9.63. The summed E-state index contributed by atoms with van der Waals surface area (Å²) in [4.78, 5) is 22.0. The van der Waals surface area contributed by atoms with Gasteiger partial charge in [0, 0.05) is 0 Å². The fourth-order valence-electron chi connectivity index (χ4n) is 1.88.